The Balaban J connectivity index is 2.80. The fourth-order valence-corrected chi connectivity index (χ4v) is 1.61. The molecule has 1 heterocycles. The van der Waals surface area contributed by atoms with E-state index in [-0.39, 0.29) is 5.15 Å². The molecular formula is C10H7ClF2N2. The van der Waals surface area contributed by atoms with Crippen molar-refractivity contribution in [3.63, 3.8) is 0 Å². The zero-order chi connectivity index (χ0) is 11.0. The summed E-state index contributed by atoms with van der Waals surface area (Å²) in [6.07, 6.45) is -2.70. The number of hydrogen-bond acceptors (Lipinski definition) is 2. The molecule has 0 aliphatic heterocycles. The minimum Gasteiger partial charge on any atom is -0.227 e. The van der Waals surface area contributed by atoms with Gasteiger partial charge < -0.3 is 0 Å². The quantitative estimate of drug-likeness (QED) is 0.698. The second-order valence-corrected chi connectivity index (χ2v) is 3.50. The maximum atomic E-state index is 12.4. The number of benzene rings is 1. The number of rotatable bonds is 1. The number of hydrogen-bond donors (Lipinski definition) is 0. The van der Waals surface area contributed by atoms with Crippen LogP contribution in [-0.4, -0.2) is 9.97 Å². The average molecular weight is 229 g/mol. The fourth-order valence-electron chi connectivity index (χ4n) is 1.37. The van der Waals surface area contributed by atoms with E-state index in [1.165, 1.54) is 0 Å². The van der Waals surface area contributed by atoms with Crippen LogP contribution in [0.15, 0.2) is 18.2 Å². The van der Waals surface area contributed by atoms with Gasteiger partial charge in [0.15, 0.2) is 5.82 Å². The third kappa shape index (κ3) is 1.77. The van der Waals surface area contributed by atoms with Gasteiger partial charge in [-0.25, -0.2) is 18.7 Å². The summed E-state index contributed by atoms with van der Waals surface area (Å²) < 4.78 is 24.8. The summed E-state index contributed by atoms with van der Waals surface area (Å²) in [4.78, 5) is 7.34. The van der Waals surface area contributed by atoms with Gasteiger partial charge in [-0.15, -0.1) is 0 Å². The maximum absolute atomic E-state index is 12.4. The van der Waals surface area contributed by atoms with Crippen LogP contribution in [0, 0.1) is 6.92 Å². The molecule has 0 aliphatic rings. The number of para-hydroxylation sites is 1. The maximum Gasteiger partial charge on any atom is 0.297 e. The van der Waals surface area contributed by atoms with Gasteiger partial charge in [-0.3, -0.25) is 0 Å². The molecule has 1 aromatic carbocycles. The van der Waals surface area contributed by atoms with Crippen LogP contribution in [0.2, 0.25) is 5.15 Å². The molecule has 0 saturated heterocycles. The number of nitrogens with zero attached hydrogens (tertiary/aromatic N) is 2. The van der Waals surface area contributed by atoms with Gasteiger partial charge in [0.05, 0.1) is 5.52 Å². The van der Waals surface area contributed by atoms with Crippen LogP contribution in [0.1, 0.15) is 17.8 Å². The Kier molecular flexibility index (Phi) is 2.52. The first-order valence-electron chi connectivity index (χ1n) is 4.30. The molecule has 2 aromatic rings. The van der Waals surface area contributed by atoms with Crippen molar-refractivity contribution in [3.05, 3.63) is 34.7 Å². The number of aryl methyl sites for hydroxylation is 1. The lowest BCUT2D eigenvalue weighted by Gasteiger charge is -2.05. The molecule has 0 spiro atoms. The normalized spacial score (nSPS) is 11.3. The molecule has 2 rings (SSSR count). The first kappa shape index (κ1) is 10.2. The Morgan fingerprint density at radius 3 is 2.67 bits per heavy atom. The SMILES string of the molecule is Cc1cccc2c(Cl)nc(C(F)F)nc12. The lowest BCUT2D eigenvalue weighted by molar-refractivity contribution is 0.141. The molecule has 5 heteroatoms. The molecule has 78 valence electrons. The van der Waals surface area contributed by atoms with E-state index < -0.39 is 12.2 Å². The van der Waals surface area contributed by atoms with E-state index in [1.807, 2.05) is 0 Å². The van der Waals surface area contributed by atoms with Crippen molar-refractivity contribution in [2.45, 2.75) is 13.3 Å². The van der Waals surface area contributed by atoms with Gasteiger partial charge in [0.2, 0.25) is 0 Å². The zero-order valence-electron chi connectivity index (χ0n) is 7.84. The Bertz CT molecular complexity index is 514. The monoisotopic (exact) mass is 228 g/mol. The Morgan fingerprint density at radius 1 is 1.27 bits per heavy atom. The van der Waals surface area contributed by atoms with Crippen molar-refractivity contribution in [2.24, 2.45) is 0 Å². The minimum absolute atomic E-state index is 0.0685. The highest BCUT2D eigenvalue weighted by molar-refractivity contribution is 6.34. The van der Waals surface area contributed by atoms with Crippen molar-refractivity contribution in [2.75, 3.05) is 0 Å². The molecule has 0 aliphatic carbocycles. The van der Waals surface area contributed by atoms with Crippen LogP contribution in [0.5, 0.6) is 0 Å². The molecular weight excluding hydrogens is 222 g/mol. The molecule has 0 saturated carbocycles. The van der Waals surface area contributed by atoms with Crippen LogP contribution < -0.4 is 0 Å². The van der Waals surface area contributed by atoms with Gasteiger partial charge in [-0.2, -0.15) is 0 Å². The van der Waals surface area contributed by atoms with E-state index in [9.17, 15) is 8.78 Å². The standard InChI is InChI=1S/C10H7ClF2N2/c1-5-3-2-4-6-7(5)14-10(9(12)13)15-8(6)11/h2-4,9H,1H3. The third-order valence-electron chi connectivity index (χ3n) is 2.09. The number of aromatic nitrogens is 2. The smallest absolute Gasteiger partial charge is 0.227 e. The molecule has 0 fully saturated rings. The van der Waals surface area contributed by atoms with Crippen LogP contribution in [0.25, 0.3) is 10.9 Å². The summed E-state index contributed by atoms with van der Waals surface area (Å²) >= 11 is 5.79. The average Bonchev–Trinajstić information content (AvgIpc) is 2.19. The highest BCUT2D eigenvalue weighted by Gasteiger charge is 2.14. The first-order valence-corrected chi connectivity index (χ1v) is 4.68. The van der Waals surface area contributed by atoms with Crippen molar-refractivity contribution in [3.8, 4) is 0 Å². The molecule has 0 bridgehead atoms. The lowest BCUT2D eigenvalue weighted by Crippen LogP contribution is -1.97. The summed E-state index contributed by atoms with van der Waals surface area (Å²) in [7, 11) is 0. The molecule has 0 radical (unpaired) electrons. The Morgan fingerprint density at radius 2 is 2.00 bits per heavy atom. The van der Waals surface area contributed by atoms with E-state index in [2.05, 4.69) is 9.97 Å². The van der Waals surface area contributed by atoms with Crippen molar-refractivity contribution in [1.82, 2.24) is 9.97 Å². The van der Waals surface area contributed by atoms with Gasteiger partial charge in [-0.05, 0) is 18.6 Å². The van der Waals surface area contributed by atoms with E-state index >= 15 is 0 Å². The minimum atomic E-state index is -2.70. The first-order chi connectivity index (χ1) is 7.09. The second-order valence-electron chi connectivity index (χ2n) is 3.14. The molecule has 0 unspecified atom stereocenters. The van der Waals surface area contributed by atoms with Gasteiger partial charge >= 0.3 is 0 Å². The van der Waals surface area contributed by atoms with Crippen molar-refractivity contribution in [1.29, 1.82) is 0 Å². The molecule has 1 aromatic heterocycles. The topological polar surface area (TPSA) is 25.8 Å². The summed E-state index contributed by atoms with van der Waals surface area (Å²) in [5, 5.41) is 0.667. The van der Waals surface area contributed by atoms with Gasteiger partial charge in [-0.1, -0.05) is 23.7 Å². The summed E-state index contributed by atoms with van der Waals surface area (Å²) in [6, 6.07) is 5.29. The predicted molar refractivity (Wildman–Crippen MR) is 54.2 cm³/mol. The van der Waals surface area contributed by atoms with E-state index in [0.29, 0.717) is 10.9 Å². The van der Waals surface area contributed by atoms with Crippen molar-refractivity contribution < 1.29 is 8.78 Å². The number of halogens is 3. The highest BCUT2D eigenvalue weighted by Crippen LogP contribution is 2.25. The second kappa shape index (κ2) is 3.70. The third-order valence-corrected chi connectivity index (χ3v) is 2.38. The molecule has 0 N–H and O–H groups in total. The largest absolute Gasteiger partial charge is 0.297 e. The Labute approximate surface area is 89.9 Å². The Hall–Kier alpha value is -1.29. The van der Waals surface area contributed by atoms with Crippen LogP contribution in [0.4, 0.5) is 8.78 Å². The number of fused-ring (bicyclic) bond motifs is 1. The van der Waals surface area contributed by atoms with Crippen LogP contribution >= 0.6 is 11.6 Å². The lowest BCUT2D eigenvalue weighted by atomic mass is 10.1. The highest BCUT2D eigenvalue weighted by atomic mass is 35.5. The van der Waals surface area contributed by atoms with E-state index in [0.717, 1.165) is 5.56 Å². The molecule has 2 nitrogen and oxygen atoms in total. The molecule has 0 amide bonds. The molecule has 0 atom stereocenters. The van der Waals surface area contributed by atoms with E-state index in [4.69, 9.17) is 11.6 Å². The predicted octanol–water partition coefficient (Wildman–Crippen LogP) is 3.53. The van der Waals surface area contributed by atoms with E-state index in [1.54, 1.807) is 25.1 Å². The number of alkyl halides is 2. The summed E-state index contributed by atoms with van der Waals surface area (Å²) in [5.41, 5.74) is 1.28. The van der Waals surface area contributed by atoms with Gasteiger partial charge in [0.25, 0.3) is 6.43 Å². The van der Waals surface area contributed by atoms with Crippen LogP contribution in [0.3, 0.4) is 0 Å². The fraction of sp³-hybridized carbons (Fsp3) is 0.200. The molecule has 15 heavy (non-hydrogen) atoms. The summed E-state index contributed by atoms with van der Waals surface area (Å²) in [5.74, 6) is -0.526. The van der Waals surface area contributed by atoms with Gasteiger partial charge in [0, 0.05) is 5.39 Å². The van der Waals surface area contributed by atoms with Gasteiger partial charge in [0.1, 0.15) is 5.15 Å². The van der Waals surface area contributed by atoms with Crippen LogP contribution in [-0.2, 0) is 0 Å². The van der Waals surface area contributed by atoms with Crippen molar-refractivity contribution >= 4 is 22.5 Å². The summed E-state index contributed by atoms with van der Waals surface area (Å²) in [6.45, 7) is 1.79. The zero-order valence-corrected chi connectivity index (χ0v) is 8.59.